The Hall–Kier alpha value is -0.300. The fourth-order valence-corrected chi connectivity index (χ4v) is 0.802. The van der Waals surface area contributed by atoms with Gasteiger partial charge in [0, 0.05) is 0 Å². The molecule has 66 valence electrons. The summed E-state index contributed by atoms with van der Waals surface area (Å²) in [6.45, 7) is 6.22. The topological polar surface area (TPSA) is 20.2 Å². The first-order valence-electron chi connectivity index (χ1n) is 4.51. The Morgan fingerprint density at radius 2 is 2.00 bits per heavy atom. The van der Waals surface area contributed by atoms with Crippen LogP contribution in [0.25, 0.3) is 0 Å². The van der Waals surface area contributed by atoms with E-state index < -0.39 is 0 Å². The molecule has 1 heteroatoms. The highest BCUT2D eigenvalue weighted by molar-refractivity contribution is 4.85. The molecular formula is C10H20O. The first-order chi connectivity index (χ1) is 5.16. The zero-order chi connectivity index (χ0) is 8.69. The van der Waals surface area contributed by atoms with Gasteiger partial charge in [-0.1, -0.05) is 32.4 Å². The number of aliphatic hydroxyl groups is 1. The van der Waals surface area contributed by atoms with Gasteiger partial charge in [0.2, 0.25) is 0 Å². The van der Waals surface area contributed by atoms with Crippen LogP contribution in [0.4, 0.5) is 0 Å². The molecule has 11 heavy (non-hydrogen) atoms. The average Bonchev–Trinajstić information content (AvgIpc) is 1.97. The lowest BCUT2D eigenvalue weighted by Gasteiger charge is -2.01. The van der Waals surface area contributed by atoms with Crippen LogP contribution in [0.3, 0.4) is 0 Å². The molecule has 0 saturated heterocycles. The summed E-state index contributed by atoms with van der Waals surface area (Å²) >= 11 is 0. The zero-order valence-electron chi connectivity index (χ0n) is 7.88. The smallest absolute Gasteiger partial charge is 0.0515 e. The summed E-state index contributed by atoms with van der Waals surface area (Å²) in [5.41, 5.74) is 0. The molecule has 0 saturated carbocycles. The maximum Gasteiger partial charge on any atom is 0.0515 e. The molecule has 0 radical (unpaired) electrons. The third kappa shape index (κ3) is 7.60. The van der Waals surface area contributed by atoms with E-state index in [0.717, 1.165) is 12.8 Å². The van der Waals surface area contributed by atoms with Gasteiger partial charge in [-0.15, -0.1) is 0 Å². The Kier molecular flexibility index (Phi) is 6.24. The minimum atomic E-state index is -0.156. The lowest BCUT2D eigenvalue weighted by Crippen LogP contribution is -1.97. The van der Waals surface area contributed by atoms with Gasteiger partial charge in [0.05, 0.1) is 6.10 Å². The van der Waals surface area contributed by atoms with E-state index in [9.17, 15) is 0 Å². The van der Waals surface area contributed by atoms with E-state index in [4.69, 9.17) is 5.11 Å². The fourth-order valence-electron chi connectivity index (χ4n) is 0.802. The molecule has 0 amide bonds. The highest BCUT2D eigenvalue weighted by Gasteiger charge is 1.93. The van der Waals surface area contributed by atoms with E-state index >= 15 is 0 Å². The predicted molar refractivity (Wildman–Crippen MR) is 49.5 cm³/mol. The van der Waals surface area contributed by atoms with Gasteiger partial charge in [0.25, 0.3) is 0 Å². The number of hydrogen-bond acceptors (Lipinski definition) is 1. The molecule has 1 N–H and O–H groups in total. The van der Waals surface area contributed by atoms with E-state index in [1.165, 1.54) is 6.42 Å². The maximum atomic E-state index is 8.94. The molecule has 0 aliphatic carbocycles. The molecule has 0 bridgehead atoms. The molecular weight excluding hydrogens is 136 g/mol. The molecule has 0 spiro atoms. The molecule has 2 atom stereocenters. The van der Waals surface area contributed by atoms with E-state index in [0.29, 0.717) is 5.92 Å². The molecule has 0 aliphatic heterocycles. The lowest BCUT2D eigenvalue weighted by atomic mass is 10.1. The van der Waals surface area contributed by atoms with Crippen molar-refractivity contribution < 1.29 is 5.11 Å². The van der Waals surface area contributed by atoms with Crippen molar-refractivity contribution in [3.05, 3.63) is 12.2 Å². The first-order valence-corrected chi connectivity index (χ1v) is 4.51. The van der Waals surface area contributed by atoms with Crippen LogP contribution in [-0.2, 0) is 0 Å². The van der Waals surface area contributed by atoms with Gasteiger partial charge in [0.1, 0.15) is 0 Å². The molecule has 0 aromatic carbocycles. The molecule has 0 rings (SSSR count). The van der Waals surface area contributed by atoms with Gasteiger partial charge < -0.3 is 5.11 Å². The van der Waals surface area contributed by atoms with Crippen molar-refractivity contribution in [2.24, 2.45) is 5.92 Å². The van der Waals surface area contributed by atoms with Crippen molar-refractivity contribution in [1.82, 2.24) is 0 Å². The Morgan fingerprint density at radius 1 is 1.36 bits per heavy atom. The minimum absolute atomic E-state index is 0.156. The van der Waals surface area contributed by atoms with Crippen LogP contribution in [0.15, 0.2) is 12.2 Å². The van der Waals surface area contributed by atoms with Crippen molar-refractivity contribution in [3.63, 3.8) is 0 Å². The molecule has 0 fully saturated rings. The van der Waals surface area contributed by atoms with Crippen molar-refractivity contribution in [1.29, 1.82) is 0 Å². The Morgan fingerprint density at radius 3 is 2.45 bits per heavy atom. The van der Waals surface area contributed by atoms with Gasteiger partial charge in [-0.3, -0.25) is 0 Å². The van der Waals surface area contributed by atoms with Gasteiger partial charge in [-0.2, -0.15) is 0 Å². The van der Waals surface area contributed by atoms with E-state index in [2.05, 4.69) is 26.0 Å². The van der Waals surface area contributed by atoms with Gasteiger partial charge in [-0.05, 0) is 25.7 Å². The van der Waals surface area contributed by atoms with Gasteiger partial charge >= 0.3 is 0 Å². The lowest BCUT2D eigenvalue weighted by molar-refractivity contribution is 0.186. The van der Waals surface area contributed by atoms with Crippen LogP contribution >= 0.6 is 0 Å². The third-order valence-electron chi connectivity index (χ3n) is 1.86. The summed E-state index contributed by atoms with van der Waals surface area (Å²) in [7, 11) is 0. The highest BCUT2D eigenvalue weighted by atomic mass is 16.3. The Bertz CT molecular complexity index is 105. The number of rotatable bonds is 5. The maximum absolute atomic E-state index is 8.94. The van der Waals surface area contributed by atoms with Gasteiger partial charge in [0.15, 0.2) is 0 Å². The van der Waals surface area contributed by atoms with Crippen molar-refractivity contribution in [2.45, 2.75) is 46.1 Å². The fraction of sp³-hybridized carbons (Fsp3) is 0.800. The molecule has 1 nitrogen and oxygen atoms in total. The Labute approximate surface area is 70.1 Å². The van der Waals surface area contributed by atoms with Crippen molar-refractivity contribution in [3.8, 4) is 0 Å². The second-order valence-corrected chi connectivity index (χ2v) is 3.24. The molecule has 0 heterocycles. The molecule has 0 aromatic rings. The standard InChI is InChI=1S/C10H20O/c1-4-9(2)7-5-6-8-10(3)11/h5,7,9-11H,4,6,8H2,1-3H3/b7-5+. The van der Waals surface area contributed by atoms with Crippen LogP contribution in [0.2, 0.25) is 0 Å². The number of hydrogen-bond donors (Lipinski definition) is 1. The first kappa shape index (κ1) is 10.7. The summed E-state index contributed by atoms with van der Waals surface area (Å²) in [5, 5.41) is 8.94. The zero-order valence-corrected chi connectivity index (χ0v) is 7.88. The predicted octanol–water partition coefficient (Wildman–Crippen LogP) is 2.75. The van der Waals surface area contributed by atoms with E-state index in [1.54, 1.807) is 0 Å². The highest BCUT2D eigenvalue weighted by Crippen LogP contribution is 2.04. The van der Waals surface area contributed by atoms with Crippen LogP contribution in [0.1, 0.15) is 40.0 Å². The quantitative estimate of drug-likeness (QED) is 0.607. The second-order valence-electron chi connectivity index (χ2n) is 3.24. The van der Waals surface area contributed by atoms with Gasteiger partial charge in [-0.25, -0.2) is 0 Å². The summed E-state index contributed by atoms with van der Waals surface area (Å²) in [6, 6.07) is 0. The molecule has 2 unspecified atom stereocenters. The number of allylic oxidation sites excluding steroid dienone is 2. The monoisotopic (exact) mass is 156 g/mol. The van der Waals surface area contributed by atoms with Crippen LogP contribution in [0.5, 0.6) is 0 Å². The largest absolute Gasteiger partial charge is 0.393 e. The van der Waals surface area contributed by atoms with E-state index in [1.807, 2.05) is 6.92 Å². The minimum Gasteiger partial charge on any atom is -0.393 e. The number of aliphatic hydroxyl groups excluding tert-OH is 1. The second kappa shape index (κ2) is 6.41. The average molecular weight is 156 g/mol. The van der Waals surface area contributed by atoms with E-state index in [-0.39, 0.29) is 6.10 Å². The SMILES string of the molecule is CCC(C)/C=C/CCC(C)O. The van der Waals surface area contributed by atoms with Crippen LogP contribution < -0.4 is 0 Å². The normalized spacial score (nSPS) is 17.1. The van der Waals surface area contributed by atoms with Crippen LogP contribution in [0, 0.1) is 5.92 Å². The molecule has 0 aromatic heterocycles. The molecule has 0 aliphatic rings. The summed E-state index contributed by atoms with van der Waals surface area (Å²) in [4.78, 5) is 0. The van der Waals surface area contributed by atoms with Crippen LogP contribution in [-0.4, -0.2) is 11.2 Å². The summed E-state index contributed by atoms with van der Waals surface area (Å²) in [6.07, 6.45) is 7.32. The summed E-state index contributed by atoms with van der Waals surface area (Å²) in [5.74, 6) is 0.684. The summed E-state index contributed by atoms with van der Waals surface area (Å²) < 4.78 is 0. The third-order valence-corrected chi connectivity index (χ3v) is 1.86. The Balaban J connectivity index is 3.29. The van der Waals surface area contributed by atoms with Crippen molar-refractivity contribution in [2.75, 3.05) is 0 Å². The van der Waals surface area contributed by atoms with Crippen molar-refractivity contribution >= 4 is 0 Å².